The molecule has 6 nitrogen and oxygen atoms in total. The summed E-state index contributed by atoms with van der Waals surface area (Å²) in [5.41, 5.74) is 6.43. The quantitative estimate of drug-likeness (QED) is 0.825. The molecule has 0 bridgehead atoms. The maximum atomic E-state index is 14.1. The van der Waals surface area contributed by atoms with Crippen molar-refractivity contribution in [2.45, 2.75) is 49.5 Å². The van der Waals surface area contributed by atoms with Crippen LogP contribution in [0.25, 0.3) is 0 Å². The fourth-order valence-electron chi connectivity index (χ4n) is 4.97. The highest BCUT2D eigenvalue weighted by molar-refractivity contribution is 7.88. The average Bonchev–Trinajstić information content (AvgIpc) is 3.18. The summed E-state index contributed by atoms with van der Waals surface area (Å²) in [6.07, 6.45) is 2.78. The maximum Gasteiger partial charge on any atom is 0.211 e. The van der Waals surface area contributed by atoms with E-state index in [-0.39, 0.29) is 23.7 Å². The van der Waals surface area contributed by atoms with Gasteiger partial charge in [-0.1, -0.05) is 0 Å². The fraction of sp³-hybridized carbons (Fsp3) is 0.667. The van der Waals surface area contributed by atoms with E-state index < -0.39 is 33.8 Å². The van der Waals surface area contributed by atoms with Crippen LogP contribution in [-0.4, -0.2) is 67.7 Å². The van der Waals surface area contributed by atoms with Crippen LogP contribution in [0.15, 0.2) is 18.2 Å². The predicted molar refractivity (Wildman–Crippen MR) is 96.5 cm³/mol. The second-order valence-corrected chi connectivity index (χ2v) is 9.73. The van der Waals surface area contributed by atoms with E-state index in [4.69, 9.17) is 10.5 Å². The third-order valence-corrected chi connectivity index (χ3v) is 7.43. The normalized spacial score (nSPS) is 35.5. The van der Waals surface area contributed by atoms with Crippen LogP contribution in [0.1, 0.15) is 30.9 Å². The summed E-state index contributed by atoms with van der Waals surface area (Å²) in [7, 11) is -3.20. The molecule has 3 heterocycles. The first-order valence-corrected chi connectivity index (χ1v) is 11.1. The van der Waals surface area contributed by atoms with E-state index in [2.05, 4.69) is 4.90 Å². The van der Waals surface area contributed by atoms with Crippen LogP contribution in [0.4, 0.5) is 8.78 Å². The number of sulfonamides is 1. The number of hydrogen-bond acceptors (Lipinski definition) is 5. The van der Waals surface area contributed by atoms with Gasteiger partial charge in [-0.2, -0.15) is 4.31 Å². The van der Waals surface area contributed by atoms with Gasteiger partial charge in [-0.25, -0.2) is 17.2 Å². The lowest BCUT2D eigenvalue weighted by Crippen LogP contribution is -2.51. The van der Waals surface area contributed by atoms with Crippen molar-refractivity contribution < 1.29 is 21.9 Å². The molecule has 9 heteroatoms. The highest BCUT2D eigenvalue weighted by Crippen LogP contribution is 2.38. The Balaban J connectivity index is 1.46. The Hall–Kier alpha value is -1.13. The van der Waals surface area contributed by atoms with Crippen molar-refractivity contribution in [2.75, 3.05) is 26.0 Å². The molecule has 0 aromatic heterocycles. The molecule has 3 fully saturated rings. The molecule has 3 saturated heterocycles. The summed E-state index contributed by atoms with van der Waals surface area (Å²) < 4.78 is 59.0. The minimum atomic E-state index is -3.20. The second-order valence-electron chi connectivity index (χ2n) is 7.80. The zero-order valence-corrected chi connectivity index (χ0v) is 16.0. The molecule has 2 N–H and O–H groups in total. The van der Waals surface area contributed by atoms with Gasteiger partial charge in [0, 0.05) is 42.8 Å². The van der Waals surface area contributed by atoms with Crippen LogP contribution in [0.3, 0.4) is 0 Å². The maximum absolute atomic E-state index is 14.1. The van der Waals surface area contributed by atoms with Crippen LogP contribution < -0.4 is 5.73 Å². The standard InChI is InChI=1S/C18H25F2N3O3S/c1-27(24,25)23-7-5-16-17(23)4-6-22(16)12-9-15(21)18(26-10-12)13-8-11(19)2-3-14(13)20/h2-3,8,12,15-18H,4-7,9-10,21H2,1H3/t12-,15?,16?,17?,18-/m1/s1. The van der Waals surface area contributed by atoms with E-state index in [1.54, 1.807) is 4.31 Å². The largest absolute Gasteiger partial charge is 0.370 e. The van der Waals surface area contributed by atoms with E-state index in [9.17, 15) is 17.2 Å². The van der Waals surface area contributed by atoms with Gasteiger partial charge in [0.15, 0.2) is 0 Å². The van der Waals surface area contributed by atoms with Gasteiger partial charge in [-0.3, -0.25) is 4.90 Å². The molecule has 1 aromatic rings. The number of halogens is 2. The van der Waals surface area contributed by atoms with Crippen LogP contribution >= 0.6 is 0 Å². The van der Waals surface area contributed by atoms with Crippen LogP contribution in [0, 0.1) is 11.6 Å². The molecule has 0 aliphatic carbocycles. The zero-order chi connectivity index (χ0) is 19.3. The SMILES string of the molecule is CS(=O)(=O)N1CCC2C1CCN2[C@H]1CO[C@H](c2cc(F)ccc2F)C(N)C1. The van der Waals surface area contributed by atoms with Crippen molar-refractivity contribution in [3.63, 3.8) is 0 Å². The molecule has 0 radical (unpaired) electrons. The van der Waals surface area contributed by atoms with Gasteiger partial charge < -0.3 is 10.5 Å². The first-order chi connectivity index (χ1) is 12.8. The smallest absolute Gasteiger partial charge is 0.211 e. The third kappa shape index (κ3) is 3.51. The summed E-state index contributed by atoms with van der Waals surface area (Å²) in [6.45, 7) is 1.71. The molecule has 5 atom stereocenters. The van der Waals surface area contributed by atoms with Gasteiger partial charge in [0.25, 0.3) is 0 Å². The van der Waals surface area contributed by atoms with E-state index in [1.807, 2.05) is 0 Å². The number of benzene rings is 1. The summed E-state index contributed by atoms with van der Waals surface area (Å²) in [5.74, 6) is -1.03. The lowest BCUT2D eigenvalue weighted by Gasteiger charge is -2.40. The molecule has 0 amide bonds. The highest BCUT2D eigenvalue weighted by Gasteiger charge is 2.49. The van der Waals surface area contributed by atoms with Gasteiger partial charge in [0.1, 0.15) is 17.7 Å². The Morgan fingerprint density at radius 2 is 1.93 bits per heavy atom. The van der Waals surface area contributed by atoms with Crippen molar-refractivity contribution in [1.29, 1.82) is 0 Å². The lowest BCUT2D eigenvalue weighted by molar-refractivity contribution is -0.0545. The molecule has 0 saturated carbocycles. The molecule has 150 valence electrons. The molecule has 3 unspecified atom stereocenters. The van der Waals surface area contributed by atoms with Gasteiger partial charge in [0.05, 0.1) is 12.9 Å². The molecule has 4 rings (SSSR count). The summed E-state index contributed by atoms with van der Waals surface area (Å²) >= 11 is 0. The van der Waals surface area contributed by atoms with E-state index in [1.165, 1.54) is 6.26 Å². The topological polar surface area (TPSA) is 75.9 Å². The van der Waals surface area contributed by atoms with Crippen LogP contribution in [0.2, 0.25) is 0 Å². The van der Waals surface area contributed by atoms with Crippen molar-refractivity contribution in [1.82, 2.24) is 9.21 Å². The molecule has 0 spiro atoms. The number of likely N-dealkylation sites (tertiary alicyclic amines) is 1. The van der Waals surface area contributed by atoms with E-state index in [0.717, 1.165) is 37.6 Å². The van der Waals surface area contributed by atoms with Crippen molar-refractivity contribution in [3.8, 4) is 0 Å². The number of hydrogen-bond donors (Lipinski definition) is 1. The second kappa shape index (κ2) is 7.04. The minimum Gasteiger partial charge on any atom is -0.370 e. The molecule has 3 aliphatic heterocycles. The summed E-state index contributed by atoms with van der Waals surface area (Å²) in [6, 6.07) is 3.10. The highest BCUT2D eigenvalue weighted by atomic mass is 32.2. The van der Waals surface area contributed by atoms with Crippen LogP contribution in [-0.2, 0) is 14.8 Å². The average molecular weight is 401 g/mol. The van der Waals surface area contributed by atoms with Crippen molar-refractivity contribution in [2.24, 2.45) is 5.73 Å². The number of fused-ring (bicyclic) bond motifs is 1. The molecular formula is C18H25F2N3O3S. The summed E-state index contributed by atoms with van der Waals surface area (Å²) in [5, 5.41) is 0. The Morgan fingerprint density at radius 1 is 1.19 bits per heavy atom. The number of nitrogens with two attached hydrogens (primary N) is 1. The Kier molecular flexibility index (Phi) is 5.00. The Labute approximate surface area is 158 Å². The zero-order valence-electron chi connectivity index (χ0n) is 15.2. The monoisotopic (exact) mass is 401 g/mol. The Bertz CT molecular complexity index is 822. The van der Waals surface area contributed by atoms with Crippen molar-refractivity contribution >= 4 is 10.0 Å². The summed E-state index contributed by atoms with van der Waals surface area (Å²) in [4.78, 5) is 2.30. The first-order valence-electron chi connectivity index (χ1n) is 9.30. The van der Waals surface area contributed by atoms with Crippen molar-refractivity contribution in [3.05, 3.63) is 35.4 Å². The predicted octanol–water partition coefficient (Wildman–Crippen LogP) is 1.23. The first kappa shape index (κ1) is 19.2. The fourth-order valence-corrected chi connectivity index (χ4v) is 6.15. The van der Waals surface area contributed by atoms with Gasteiger partial charge in [-0.15, -0.1) is 0 Å². The lowest BCUT2D eigenvalue weighted by atomic mass is 9.93. The molecular weight excluding hydrogens is 376 g/mol. The van der Waals surface area contributed by atoms with Gasteiger partial charge in [-0.05, 0) is 37.5 Å². The Morgan fingerprint density at radius 3 is 2.63 bits per heavy atom. The van der Waals surface area contributed by atoms with Gasteiger partial charge >= 0.3 is 0 Å². The van der Waals surface area contributed by atoms with E-state index in [0.29, 0.717) is 19.6 Å². The minimum absolute atomic E-state index is 0.00890. The third-order valence-electron chi connectivity index (χ3n) is 6.13. The van der Waals surface area contributed by atoms with Crippen LogP contribution in [0.5, 0.6) is 0 Å². The van der Waals surface area contributed by atoms with Gasteiger partial charge in [0.2, 0.25) is 10.0 Å². The number of ether oxygens (including phenoxy) is 1. The molecule has 1 aromatic carbocycles. The number of nitrogens with zero attached hydrogens (tertiary/aromatic N) is 2. The number of rotatable bonds is 3. The molecule has 3 aliphatic rings. The molecule has 27 heavy (non-hydrogen) atoms. The van der Waals surface area contributed by atoms with E-state index >= 15 is 0 Å².